The molecule has 0 atom stereocenters. The standard InChI is InChI=1S/C51H40/c1-31-24-45-43-23-21-39(38-20-22-42-41-12-8-9-13-46(41)50(2,3)47(42)28-38)29-48(43)51(4,5)49(45)30-44(31)40-19-18-36-26-35(16-17-37(36)27-40)34-15-14-32-10-6-7-11-33(32)25-34/h6-30H,1-5H3. The van der Waals surface area contributed by atoms with Gasteiger partial charge in [-0.15, -0.1) is 0 Å². The Morgan fingerprint density at radius 3 is 1.41 bits per heavy atom. The lowest BCUT2D eigenvalue weighted by molar-refractivity contribution is 0.659. The second-order valence-corrected chi connectivity index (χ2v) is 15.9. The Labute approximate surface area is 301 Å². The molecule has 0 aliphatic heterocycles. The van der Waals surface area contributed by atoms with E-state index in [9.17, 15) is 0 Å². The summed E-state index contributed by atoms with van der Waals surface area (Å²) in [5.74, 6) is 0. The second-order valence-electron chi connectivity index (χ2n) is 15.9. The minimum Gasteiger partial charge on any atom is -0.0619 e. The van der Waals surface area contributed by atoms with Crippen molar-refractivity contribution in [3.8, 4) is 55.6 Å². The first-order valence-electron chi connectivity index (χ1n) is 18.2. The molecule has 0 heterocycles. The van der Waals surface area contributed by atoms with Gasteiger partial charge in [0.1, 0.15) is 0 Å². The molecule has 0 unspecified atom stereocenters. The van der Waals surface area contributed by atoms with Gasteiger partial charge in [0.2, 0.25) is 0 Å². The molecule has 2 aliphatic carbocycles. The first-order chi connectivity index (χ1) is 24.7. The summed E-state index contributed by atoms with van der Waals surface area (Å²) in [6.07, 6.45) is 0. The maximum Gasteiger partial charge on any atom is 0.0159 e. The summed E-state index contributed by atoms with van der Waals surface area (Å²) >= 11 is 0. The quantitative estimate of drug-likeness (QED) is 0.178. The van der Waals surface area contributed by atoms with Crippen LogP contribution in [0.25, 0.3) is 77.2 Å². The zero-order chi connectivity index (χ0) is 34.6. The van der Waals surface area contributed by atoms with E-state index in [4.69, 9.17) is 0 Å². The van der Waals surface area contributed by atoms with Gasteiger partial charge in [-0.05, 0) is 148 Å². The van der Waals surface area contributed by atoms with Crippen LogP contribution in [0.3, 0.4) is 0 Å². The molecule has 0 amide bonds. The smallest absolute Gasteiger partial charge is 0.0159 e. The Balaban J connectivity index is 0.997. The average molecular weight is 653 g/mol. The third-order valence-corrected chi connectivity index (χ3v) is 12.2. The molecule has 2 aliphatic rings. The van der Waals surface area contributed by atoms with Gasteiger partial charge in [-0.1, -0.05) is 143 Å². The highest BCUT2D eigenvalue weighted by molar-refractivity contribution is 5.94. The summed E-state index contributed by atoms with van der Waals surface area (Å²) in [4.78, 5) is 0. The molecule has 0 saturated carbocycles. The van der Waals surface area contributed by atoms with Crippen LogP contribution < -0.4 is 0 Å². The number of hydrogen-bond donors (Lipinski definition) is 0. The van der Waals surface area contributed by atoms with E-state index in [2.05, 4.69) is 186 Å². The maximum atomic E-state index is 2.48. The molecule has 244 valence electrons. The monoisotopic (exact) mass is 652 g/mol. The molecule has 10 rings (SSSR count). The minimum atomic E-state index is -0.110. The molecule has 0 heteroatoms. The van der Waals surface area contributed by atoms with Crippen LogP contribution in [0.15, 0.2) is 152 Å². The van der Waals surface area contributed by atoms with Gasteiger partial charge in [0.25, 0.3) is 0 Å². The topological polar surface area (TPSA) is 0 Å². The lowest BCUT2D eigenvalue weighted by Gasteiger charge is -2.24. The minimum absolute atomic E-state index is 0.00954. The Hall–Kier alpha value is -5.72. The van der Waals surface area contributed by atoms with Crippen LogP contribution in [-0.4, -0.2) is 0 Å². The molecule has 8 aromatic rings. The number of hydrogen-bond acceptors (Lipinski definition) is 0. The summed E-state index contributed by atoms with van der Waals surface area (Å²) < 4.78 is 0. The Morgan fingerprint density at radius 2 is 0.725 bits per heavy atom. The van der Waals surface area contributed by atoms with Crippen LogP contribution in [-0.2, 0) is 10.8 Å². The fraction of sp³-hybridized carbons (Fsp3) is 0.137. The van der Waals surface area contributed by atoms with Crippen molar-refractivity contribution in [2.45, 2.75) is 45.4 Å². The highest BCUT2D eigenvalue weighted by Crippen LogP contribution is 2.53. The van der Waals surface area contributed by atoms with Gasteiger partial charge < -0.3 is 0 Å². The van der Waals surface area contributed by atoms with Gasteiger partial charge in [0, 0.05) is 10.8 Å². The zero-order valence-corrected chi connectivity index (χ0v) is 29.9. The van der Waals surface area contributed by atoms with Crippen LogP contribution in [0.4, 0.5) is 0 Å². The van der Waals surface area contributed by atoms with E-state index in [0.717, 1.165) is 0 Å². The zero-order valence-electron chi connectivity index (χ0n) is 29.9. The van der Waals surface area contributed by atoms with Crippen molar-refractivity contribution in [3.63, 3.8) is 0 Å². The molecular formula is C51H40. The Bertz CT molecular complexity index is 2750. The number of rotatable bonds is 3. The Kier molecular flexibility index (Phi) is 6.29. The third kappa shape index (κ3) is 4.46. The second kappa shape index (κ2) is 10.6. The highest BCUT2D eigenvalue weighted by Gasteiger charge is 2.38. The van der Waals surface area contributed by atoms with Crippen LogP contribution >= 0.6 is 0 Å². The van der Waals surface area contributed by atoms with E-state index in [1.807, 2.05) is 0 Å². The van der Waals surface area contributed by atoms with Crippen LogP contribution in [0.1, 0.15) is 55.5 Å². The van der Waals surface area contributed by atoms with Crippen LogP contribution in [0.5, 0.6) is 0 Å². The van der Waals surface area contributed by atoms with Crippen molar-refractivity contribution in [2.24, 2.45) is 0 Å². The molecule has 8 aromatic carbocycles. The van der Waals surface area contributed by atoms with Gasteiger partial charge >= 0.3 is 0 Å². The molecule has 0 saturated heterocycles. The summed E-state index contributed by atoms with van der Waals surface area (Å²) in [5, 5.41) is 5.09. The fourth-order valence-electron chi connectivity index (χ4n) is 9.23. The van der Waals surface area contributed by atoms with Crippen LogP contribution in [0.2, 0.25) is 0 Å². The molecule has 0 aromatic heterocycles. The van der Waals surface area contributed by atoms with Gasteiger partial charge in [-0.2, -0.15) is 0 Å². The summed E-state index contributed by atoms with van der Waals surface area (Å²) in [6, 6.07) is 57.3. The van der Waals surface area contributed by atoms with E-state index >= 15 is 0 Å². The molecule has 0 bridgehead atoms. The summed E-state index contributed by atoms with van der Waals surface area (Å²) in [7, 11) is 0. The van der Waals surface area contributed by atoms with E-state index in [0.29, 0.717) is 0 Å². The predicted octanol–water partition coefficient (Wildman–Crippen LogP) is 13.9. The van der Waals surface area contributed by atoms with E-state index in [1.54, 1.807) is 0 Å². The van der Waals surface area contributed by atoms with Gasteiger partial charge in [0.15, 0.2) is 0 Å². The molecule has 0 radical (unpaired) electrons. The molecular weight excluding hydrogens is 613 g/mol. The summed E-state index contributed by atoms with van der Waals surface area (Å²) in [6.45, 7) is 11.8. The molecule has 0 fully saturated rings. The van der Waals surface area contributed by atoms with E-state index in [-0.39, 0.29) is 10.8 Å². The molecule has 0 N–H and O–H groups in total. The van der Waals surface area contributed by atoms with Crippen LogP contribution in [0, 0.1) is 6.92 Å². The largest absolute Gasteiger partial charge is 0.0619 e. The van der Waals surface area contributed by atoms with Crippen molar-refractivity contribution in [2.75, 3.05) is 0 Å². The van der Waals surface area contributed by atoms with Gasteiger partial charge in [-0.3, -0.25) is 0 Å². The predicted molar refractivity (Wildman–Crippen MR) is 218 cm³/mol. The van der Waals surface area contributed by atoms with E-state index in [1.165, 1.54) is 105 Å². The first kappa shape index (κ1) is 30.1. The lowest BCUT2D eigenvalue weighted by atomic mass is 9.79. The average Bonchev–Trinajstić information content (AvgIpc) is 3.52. The van der Waals surface area contributed by atoms with Gasteiger partial charge in [0.05, 0.1) is 0 Å². The highest BCUT2D eigenvalue weighted by atomic mass is 14.4. The number of fused-ring (bicyclic) bond motifs is 8. The molecule has 0 nitrogen and oxygen atoms in total. The maximum absolute atomic E-state index is 2.48. The Morgan fingerprint density at radius 1 is 0.294 bits per heavy atom. The number of aryl methyl sites for hydroxylation is 1. The molecule has 0 spiro atoms. The summed E-state index contributed by atoms with van der Waals surface area (Å²) in [5.41, 5.74) is 20.0. The molecule has 51 heavy (non-hydrogen) atoms. The van der Waals surface area contributed by atoms with Crippen molar-refractivity contribution in [3.05, 3.63) is 179 Å². The van der Waals surface area contributed by atoms with Crippen molar-refractivity contribution in [1.29, 1.82) is 0 Å². The van der Waals surface area contributed by atoms with Crippen molar-refractivity contribution < 1.29 is 0 Å². The lowest BCUT2D eigenvalue weighted by Crippen LogP contribution is -2.15. The SMILES string of the molecule is Cc1cc2c(cc1-c1ccc3cc(-c4ccc5ccccc5c4)ccc3c1)C(C)(C)c1cc(-c3ccc4c(c3)C(C)(C)c3ccccc3-4)ccc1-2. The first-order valence-corrected chi connectivity index (χ1v) is 18.2. The van der Waals surface area contributed by atoms with E-state index < -0.39 is 0 Å². The number of benzene rings is 8. The van der Waals surface area contributed by atoms with Crippen molar-refractivity contribution in [1.82, 2.24) is 0 Å². The fourth-order valence-corrected chi connectivity index (χ4v) is 9.23. The normalized spacial score (nSPS) is 14.7. The van der Waals surface area contributed by atoms with Gasteiger partial charge in [-0.25, -0.2) is 0 Å². The van der Waals surface area contributed by atoms with Crippen molar-refractivity contribution >= 4 is 21.5 Å². The third-order valence-electron chi connectivity index (χ3n) is 12.2.